The Labute approximate surface area is 172 Å². The summed E-state index contributed by atoms with van der Waals surface area (Å²) in [6.07, 6.45) is 0. The van der Waals surface area contributed by atoms with E-state index in [4.69, 9.17) is 0 Å². The van der Waals surface area contributed by atoms with Gasteiger partial charge in [-0.3, -0.25) is 4.72 Å². The lowest BCUT2D eigenvalue weighted by molar-refractivity contribution is 0.590. The molecule has 0 saturated carbocycles. The van der Waals surface area contributed by atoms with Crippen LogP contribution in [-0.4, -0.2) is 34.6 Å². The van der Waals surface area contributed by atoms with Crippen LogP contribution in [0.1, 0.15) is 5.56 Å². The van der Waals surface area contributed by atoms with Crippen LogP contribution in [0.15, 0.2) is 65.6 Å². The summed E-state index contributed by atoms with van der Waals surface area (Å²) in [4.78, 5) is 2.65. The molecule has 1 aliphatic heterocycles. The van der Waals surface area contributed by atoms with Gasteiger partial charge in [0.15, 0.2) is 0 Å². The summed E-state index contributed by atoms with van der Waals surface area (Å²) in [5.41, 5.74) is 2.48. The van der Waals surface area contributed by atoms with Crippen molar-refractivity contribution < 1.29 is 8.42 Å². The zero-order valence-corrected chi connectivity index (χ0v) is 17.3. The maximum atomic E-state index is 12.9. The summed E-state index contributed by atoms with van der Waals surface area (Å²) in [7, 11) is -3.65. The summed E-state index contributed by atoms with van der Waals surface area (Å²) in [5, 5.41) is 5.33. The molecule has 5 nitrogen and oxygen atoms in total. The van der Waals surface area contributed by atoms with Gasteiger partial charge < -0.3 is 10.2 Å². The second-order valence-corrected chi connectivity index (χ2v) is 8.44. The lowest BCUT2D eigenvalue weighted by Gasteiger charge is -2.30. The summed E-state index contributed by atoms with van der Waals surface area (Å²) in [6, 6.07) is 18.9. The number of nitrogens with one attached hydrogen (secondary N) is 2. The number of nitrogens with zero attached hydrogens (tertiary/aromatic N) is 1. The molecular weight excluding hydrogens is 394 g/mol. The van der Waals surface area contributed by atoms with Gasteiger partial charge in [0.2, 0.25) is 0 Å². The van der Waals surface area contributed by atoms with Crippen molar-refractivity contribution in [2.45, 2.75) is 11.8 Å². The van der Waals surface area contributed by atoms with E-state index < -0.39 is 10.0 Å². The fourth-order valence-electron chi connectivity index (χ4n) is 3.61. The number of sulfonamides is 1. The van der Waals surface area contributed by atoms with Crippen LogP contribution in [0.3, 0.4) is 0 Å². The molecule has 0 radical (unpaired) electrons. The number of piperazine rings is 1. The van der Waals surface area contributed by atoms with E-state index in [0.717, 1.165) is 48.2 Å². The van der Waals surface area contributed by atoms with E-state index >= 15 is 0 Å². The Morgan fingerprint density at radius 1 is 0.893 bits per heavy atom. The number of rotatable bonds is 4. The van der Waals surface area contributed by atoms with Crippen molar-refractivity contribution in [1.82, 2.24) is 5.32 Å². The molecule has 0 bridgehead atoms. The molecule has 0 aromatic heterocycles. The molecule has 28 heavy (non-hydrogen) atoms. The zero-order chi connectivity index (χ0) is 18.9. The van der Waals surface area contributed by atoms with Crippen LogP contribution in [0.4, 0.5) is 11.4 Å². The monoisotopic (exact) mass is 417 g/mol. The summed E-state index contributed by atoms with van der Waals surface area (Å²) in [6.45, 7) is 5.60. The Kier molecular flexibility index (Phi) is 6.13. The molecule has 7 heteroatoms. The van der Waals surface area contributed by atoms with E-state index in [2.05, 4.69) is 21.0 Å². The van der Waals surface area contributed by atoms with Gasteiger partial charge in [0.05, 0.1) is 10.6 Å². The van der Waals surface area contributed by atoms with Gasteiger partial charge in [-0.25, -0.2) is 8.42 Å². The smallest absolute Gasteiger partial charge is 0.262 e. The highest BCUT2D eigenvalue weighted by molar-refractivity contribution is 7.92. The lowest BCUT2D eigenvalue weighted by Crippen LogP contribution is -2.43. The second kappa shape index (κ2) is 8.39. The number of anilines is 2. The molecule has 0 atom stereocenters. The number of aryl methyl sites for hydroxylation is 1. The van der Waals surface area contributed by atoms with Gasteiger partial charge in [-0.15, -0.1) is 12.4 Å². The number of benzene rings is 3. The van der Waals surface area contributed by atoms with Gasteiger partial charge in [0, 0.05) is 42.6 Å². The highest BCUT2D eigenvalue weighted by Gasteiger charge is 2.19. The molecule has 2 N–H and O–H groups in total. The Morgan fingerprint density at radius 2 is 1.54 bits per heavy atom. The van der Waals surface area contributed by atoms with Crippen LogP contribution < -0.4 is 14.9 Å². The molecule has 1 heterocycles. The maximum absolute atomic E-state index is 12.9. The fraction of sp³-hybridized carbons (Fsp3) is 0.238. The first-order valence-electron chi connectivity index (χ1n) is 9.12. The predicted molar refractivity (Wildman–Crippen MR) is 118 cm³/mol. The molecular formula is C21H24ClN3O2S. The van der Waals surface area contributed by atoms with Crippen molar-refractivity contribution in [2.24, 2.45) is 0 Å². The molecule has 3 aromatic carbocycles. The number of hydrogen-bond donors (Lipinski definition) is 2. The molecule has 1 fully saturated rings. The van der Waals surface area contributed by atoms with Gasteiger partial charge in [-0.2, -0.15) is 0 Å². The third kappa shape index (κ3) is 3.94. The van der Waals surface area contributed by atoms with Gasteiger partial charge >= 0.3 is 0 Å². The predicted octanol–water partition coefficient (Wildman–Crippen LogP) is 3.78. The summed E-state index contributed by atoms with van der Waals surface area (Å²) < 4.78 is 28.6. The SMILES string of the molecule is Cc1ccccc1S(=O)(=O)Nc1ccc(N2CCNCC2)c2ccccc12.Cl. The standard InChI is InChI=1S/C21H23N3O2S.ClH/c1-16-6-2-5-9-21(16)27(25,26)23-19-10-11-20(24-14-12-22-13-15-24)18-8-4-3-7-17(18)19;/h2-11,22-23H,12-15H2,1H3;1H. The minimum Gasteiger partial charge on any atom is -0.368 e. The van der Waals surface area contributed by atoms with Crippen molar-refractivity contribution in [3.8, 4) is 0 Å². The van der Waals surface area contributed by atoms with Gasteiger partial charge in [0.1, 0.15) is 0 Å². The summed E-state index contributed by atoms with van der Waals surface area (Å²) in [5.74, 6) is 0. The third-order valence-electron chi connectivity index (χ3n) is 4.99. The van der Waals surface area contributed by atoms with Gasteiger partial charge in [0.25, 0.3) is 10.0 Å². The molecule has 3 aromatic rings. The van der Waals surface area contributed by atoms with E-state index in [-0.39, 0.29) is 12.4 Å². The molecule has 4 rings (SSSR count). The van der Waals surface area contributed by atoms with Crippen molar-refractivity contribution in [3.05, 3.63) is 66.2 Å². The molecule has 1 saturated heterocycles. The number of hydrogen-bond acceptors (Lipinski definition) is 4. The molecule has 0 spiro atoms. The van der Waals surface area contributed by atoms with E-state index in [1.165, 1.54) is 0 Å². The van der Waals surface area contributed by atoms with Gasteiger partial charge in [-0.05, 0) is 30.7 Å². The molecule has 0 aliphatic carbocycles. The highest BCUT2D eigenvalue weighted by Crippen LogP contribution is 2.33. The Balaban J connectivity index is 0.00000225. The highest BCUT2D eigenvalue weighted by atomic mass is 35.5. The van der Waals surface area contributed by atoms with Crippen LogP contribution >= 0.6 is 12.4 Å². The largest absolute Gasteiger partial charge is 0.368 e. The maximum Gasteiger partial charge on any atom is 0.262 e. The van der Waals surface area contributed by atoms with E-state index in [9.17, 15) is 8.42 Å². The van der Waals surface area contributed by atoms with E-state index in [1.807, 2.05) is 36.4 Å². The zero-order valence-electron chi connectivity index (χ0n) is 15.7. The van der Waals surface area contributed by atoms with Crippen molar-refractivity contribution in [2.75, 3.05) is 35.8 Å². The van der Waals surface area contributed by atoms with Crippen LogP contribution in [-0.2, 0) is 10.0 Å². The van der Waals surface area contributed by atoms with E-state index in [1.54, 1.807) is 25.1 Å². The summed E-state index contributed by atoms with van der Waals surface area (Å²) >= 11 is 0. The Morgan fingerprint density at radius 3 is 2.25 bits per heavy atom. The topological polar surface area (TPSA) is 61.4 Å². The molecule has 0 amide bonds. The first kappa shape index (κ1) is 20.5. The van der Waals surface area contributed by atoms with Gasteiger partial charge in [-0.1, -0.05) is 42.5 Å². The molecule has 148 valence electrons. The Hall–Kier alpha value is -2.28. The second-order valence-electron chi connectivity index (χ2n) is 6.79. The molecule has 1 aliphatic rings. The van der Waals surface area contributed by atoms with Crippen molar-refractivity contribution >= 4 is 44.6 Å². The minimum atomic E-state index is -3.65. The van der Waals surface area contributed by atoms with E-state index in [0.29, 0.717) is 10.6 Å². The normalized spacial score (nSPS) is 14.5. The molecule has 0 unspecified atom stereocenters. The quantitative estimate of drug-likeness (QED) is 0.678. The van der Waals surface area contributed by atoms with Crippen molar-refractivity contribution in [3.63, 3.8) is 0 Å². The van der Waals surface area contributed by atoms with Crippen LogP contribution in [0.25, 0.3) is 10.8 Å². The van der Waals surface area contributed by atoms with Crippen LogP contribution in [0, 0.1) is 6.92 Å². The van der Waals surface area contributed by atoms with Crippen molar-refractivity contribution in [1.29, 1.82) is 0 Å². The average molecular weight is 418 g/mol. The van der Waals surface area contributed by atoms with Crippen LogP contribution in [0.5, 0.6) is 0 Å². The first-order chi connectivity index (χ1) is 13.1. The fourth-order valence-corrected chi connectivity index (χ4v) is 4.94. The number of fused-ring (bicyclic) bond motifs is 1. The third-order valence-corrected chi connectivity index (χ3v) is 6.51. The first-order valence-corrected chi connectivity index (χ1v) is 10.6. The van der Waals surface area contributed by atoms with Crippen LogP contribution in [0.2, 0.25) is 0 Å². The number of halogens is 1. The Bertz CT molecular complexity index is 1080. The average Bonchev–Trinajstić information content (AvgIpc) is 2.69. The lowest BCUT2D eigenvalue weighted by atomic mass is 10.1. The minimum absolute atomic E-state index is 0.